The Bertz CT molecular complexity index is 575. The molecule has 0 spiro atoms. The number of nitrogens with zero attached hydrogens (tertiary/aromatic N) is 1. The van der Waals surface area contributed by atoms with E-state index in [0.29, 0.717) is 12.8 Å². The van der Waals surface area contributed by atoms with Crippen molar-refractivity contribution in [2.45, 2.75) is 45.4 Å². The van der Waals surface area contributed by atoms with Gasteiger partial charge in [0.25, 0.3) is 5.56 Å². The minimum absolute atomic E-state index is 0.0320. The topological polar surface area (TPSA) is 114 Å². The van der Waals surface area contributed by atoms with Crippen molar-refractivity contribution in [3.8, 4) is 0 Å². The Morgan fingerprint density at radius 2 is 2.09 bits per heavy atom. The Labute approximate surface area is 127 Å². The third kappa shape index (κ3) is 5.58. The Morgan fingerprint density at radius 1 is 1.45 bits per heavy atom. The predicted molar refractivity (Wildman–Crippen MR) is 77.7 cm³/mol. The van der Waals surface area contributed by atoms with Crippen LogP contribution >= 0.6 is 8.60 Å². The van der Waals surface area contributed by atoms with Crippen LogP contribution in [-0.4, -0.2) is 32.0 Å². The molecule has 0 radical (unpaired) electrons. The van der Waals surface area contributed by atoms with Crippen LogP contribution in [0.5, 0.6) is 0 Å². The molecule has 8 nitrogen and oxygen atoms in total. The molecule has 1 fully saturated rings. The highest BCUT2D eigenvalue weighted by Gasteiger charge is 2.28. The van der Waals surface area contributed by atoms with E-state index in [1.807, 2.05) is 4.98 Å². The summed E-state index contributed by atoms with van der Waals surface area (Å²) in [6.07, 6.45) is 1.85. The molecule has 3 N–H and O–H groups in total. The highest BCUT2D eigenvalue weighted by Crippen LogP contribution is 2.31. The van der Waals surface area contributed by atoms with Gasteiger partial charge in [-0.25, -0.2) is 4.79 Å². The third-order valence-electron chi connectivity index (χ3n) is 2.70. The average Bonchev–Trinajstić information content (AvgIpc) is 2.90. The Kier molecular flexibility index (Phi) is 7.84. The molecule has 1 aliphatic heterocycles. The fourth-order valence-electron chi connectivity index (χ4n) is 1.84. The molecule has 2 rings (SSSR count). The first-order valence-corrected chi connectivity index (χ1v) is 8.02. The van der Waals surface area contributed by atoms with Crippen LogP contribution in [0.4, 0.5) is 4.39 Å². The quantitative estimate of drug-likeness (QED) is 0.706. The van der Waals surface area contributed by atoms with E-state index in [1.54, 1.807) is 0 Å². The second kappa shape index (κ2) is 9.12. The highest BCUT2D eigenvalue weighted by atomic mass is 31.2. The first kappa shape index (κ1) is 18.9. The van der Waals surface area contributed by atoms with E-state index in [1.165, 1.54) is 6.42 Å². The number of ether oxygens (including phenoxy) is 1. The van der Waals surface area contributed by atoms with Crippen molar-refractivity contribution < 1.29 is 23.4 Å². The molecule has 1 saturated heterocycles. The summed E-state index contributed by atoms with van der Waals surface area (Å²) in [7, 11) is -2.46. The standard InChI is InChI=1S/C9H12FN2O6P.C3H8/c10-6-3-12(9(14)11-8(6)13)7-2-1-5(18-7)4-17-19(15)16;1-3-2/h3,5,7,15-16H,1-2,4H2,(H,11,13,14);3H2,1-2H3. The van der Waals surface area contributed by atoms with Gasteiger partial charge in [-0.05, 0) is 12.8 Å². The van der Waals surface area contributed by atoms with Gasteiger partial charge in [0.1, 0.15) is 6.23 Å². The number of H-pyrrole nitrogens is 1. The van der Waals surface area contributed by atoms with E-state index in [2.05, 4.69) is 18.4 Å². The van der Waals surface area contributed by atoms with Crippen LogP contribution in [0, 0.1) is 5.82 Å². The molecular formula is C12H20FN2O6P. The van der Waals surface area contributed by atoms with Crippen LogP contribution in [0.1, 0.15) is 39.3 Å². The Balaban J connectivity index is 0.000000745. The molecule has 2 unspecified atom stereocenters. The summed E-state index contributed by atoms with van der Waals surface area (Å²) in [6, 6.07) is 0. The van der Waals surface area contributed by atoms with Crippen LogP contribution in [-0.2, 0) is 9.26 Å². The molecule has 0 aromatic carbocycles. The Hall–Kier alpha value is -1.12. The summed E-state index contributed by atoms with van der Waals surface area (Å²) < 4.78 is 24.1. The molecule has 10 heteroatoms. The van der Waals surface area contributed by atoms with E-state index >= 15 is 0 Å². The predicted octanol–water partition coefficient (Wildman–Crippen LogP) is 0.998. The van der Waals surface area contributed by atoms with Crippen molar-refractivity contribution in [1.29, 1.82) is 0 Å². The first-order valence-electron chi connectivity index (χ1n) is 6.86. The van der Waals surface area contributed by atoms with E-state index in [-0.39, 0.29) is 6.61 Å². The van der Waals surface area contributed by atoms with Crippen LogP contribution < -0.4 is 11.2 Å². The van der Waals surface area contributed by atoms with Crippen molar-refractivity contribution in [1.82, 2.24) is 9.55 Å². The van der Waals surface area contributed by atoms with Gasteiger partial charge in [-0.3, -0.25) is 14.3 Å². The SMILES string of the molecule is CCC.O=c1[nH]c(=O)n(C2CCC(COP(O)O)O2)cc1F. The molecule has 1 aromatic rings. The van der Waals surface area contributed by atoms with Gasteiger partial charge in [0, 0.05) is 0 Å². The van der Waals surface area contributed by atoms with Crippen LogP contribution in [0.15, 0.2) is 15.8 Å². The van der Waals surface area contributed by atoms with Crippen molar-refractivity contribution in [2.75, 3.05) is 6.61 Å². The lowest BCUT2D eigenvalue weighted by Crippen LogP contribution is -2.34. The summed E-state index contributed by atoms with van der Waals surface area (Å²) in [4.78, 5) is 41.4. The van der Waals surface area contributed by atoms with E-state index < -0.39 is 38.0 Å². The van der Waals surface area contributed by atoms with Crippen LogP contribution in [0.25, 0.3) is 0 Å². The van der Waals surface area contributed by atoms with Crippen LogP contribution in [0.2, 0.25) is 0 Å². The molecule has 0 aliphatic carbocycles. The van der Waals surface area contributed by atoms with Gasteiger partial charge in [-0.15, -0.1) is 0 Å². The number of hydrogen-bond donors (Lipinski definition) is 3. The number of aromatic nitrogens is 2. The molecule has 1 aromatic heterocycles. The van der Waals surface area contributed by atoms with E-state index in [9.17, 15) is 14.0 Å². The number of aromatic amines is 1. The number of rotatable bonds is 4. The van der Waals surface area contributed by atoms with Gasteiger partial charge in [-0.1, -0.05) is 20.3 Å². The summed E-state index contributed by atoms with van der Waals surface area (Å²) in [5.41, 5.74) is -1.84. The van der Waals surface area contributed by atoms with Gasteiger partial charge >= 0.3 is 14.3 Å². The lowest BCUT2D eigenvalue weighted by Gasteiger charge is -2.15. The fraction of sp³-hybridized carbons (Fsp3) is 0.667. The summed E-state index contributed by atoms with van der Waals surface area (Å²) >= 11 is 0. The maximum atomic E-state index is 13.1. The zero-order valence-corrected chi connectivity index (χ0v) is 13.3. The minimum Gasteiger partial charge on any atom is -0.352 e. The average molecular weight is 338 g/mol. The number of halogens is 1. The molecule has 0 bridgehead atoms. The van der Waals surface area contributed by atoms with E-state index in [0.717, 1.165) is 10.8 Å². The second-order valence-electron chi connectivity index (χ2n) is 4.69. The monoisotopic (exact) mass is 338 g/mol. The normalized spacial score (nSPS) is 20.8. The summed E-state index contributed by atoms with van der Waals surface area (Å²) in [6.45, 7) is 4.22. The van der Waals surface area contributed by atoms with Gasteiger partial charge in [0.2, 0.25) is 5.82 Å². The number of hydrogen-bond acceptors (Lipinski definition) is 6. The van der Waals surface area contributed by atoms with Crippen LogP contribution in [0.3, 0.4) is 0 Å². The third-order valence-corrected chi connectivity index (χ3v) is 3.08. The molecule has 126 valence electrons. The maximum absolute atomic E-state index is 13.1. The zero-order valence-electron chi connectivity index (χ0n) is 12.4. The molecule has 2 atom stereocenters. The number of nitrogens with one attached hydrogen (secondary N) is 1. The summed E-state index contributed by atoms with van der Waals surface area (Å²) in [5, 5.41) is 0. The zero-order chi connectivity index (χ0) is 16.7. The molecule has 22 heavy (non-hydrogen) atoms. The van der Waals surface area contributed by atoms with E-state index in [4.69, 9.17) is 14.5 Å². The smallest absolute Gasteiger partial charge is 0.330 e. The molecule has 2 heterocycles. The summed E-state index contributed by atoms with van der Waals surface area (Å²) in [5.74, 6) is -1.07. The maximum Gasteiger partial charge on any atom is 0.330 e. The molecular weight excluding hydrogens is 318 g/mol. The molecule has 1 aliphatic rings. The highest BCUT2D eigenvalue weighted by molar-refractivity contribution is 7.39. The minimum atomic E-state index is -2.46. The van der Waals surface area contributed by atoms with Gasteiger partial charge < -0.3 is 19.0 Å². The van der Waals surface area contributed by atoms with Crippen molar-refractivity contribution in [2.24, 2.45) is 0 Å². The van der Waals surface area contributed by atoms with Gasteiger partial charge in [0.05, 0.1) is 18.9 Å². The van der Waals surface area contributed by atoms with Crippen molar-refractivity contribution >= 4 is 8.60 Å². The van der Waals surface area contributed by atoms with Crippen molar-refractivity contribution in [3.63, 3.8) is 0 Å². The largest absolute Gasteiger partial charge is 0.352 e. The van der Waals surface area contributed by atoms with Crippen molar-refractivity contribution in [3.05, 3.63) is 32.9 Å². The Morgan fingerprint density at radius 3 is 2.68 bits per heavy atom. The molecule has 0 saturated carbocycles. The first-order chi connectivity index (χ1) is 10.4. The van der Waals surface area contributed by atoms with Gasteiger partial charge in [0.15, 0.2) is 0 Å². The van der Waals surface area contributed by atoms with Gasteiger partial charge in [-0.2, -0.15) is 4.39 Å². The second-order valence-corrected chi connectivity index (χ2v) is 5.45. The lowest BCUT2D eigenvalue weighted by atomic mass is 10.2. The lowest BCUT2D eigenvalue weighted by molar-refractivity contribution is -0.0220. The fourth-order valence-corrected chi connectivity index (χ4v) is 2.14. The molecule has 0 amide bonds.